The Labute approximate surface area is 201 Å². The molecule has 0 radical (unpaired) electrons. The number of hydrogen-bond acceptors (Lipinski definition) is 4. The van der Waals surface area contributed by atoms with E-state index in [9.17, 15) is 4.79 Å². The zero-order chi connectivity index (χ0) is 23.1. The number of ether oxygens (including phenoxy) is 2. The minimum absolute atomic E-state index is 0.0753. The molecular formula is C25H32Cl2N2O3. The molecule has 1 aliphatic heterocycles. The molecule has 1 N–H and O–H groups in total. The zero-order valence-electron chi connectivity index (χ0n) is 18.9. The summed E-state index contributed by atoms with van der Waals surface area (Å²) in [5, 5.41) is 3.78. The number of carbonyl (C=O) groups excluding carboxylic acids is 1. The van der Waals surface area contributed by atoms with Crippen molar-refractivity contribution in [3.63, 3.8) is 0 Å². The number of rotatable bonds is 9. The first kappa shape index (κ1) is 24.7. The van der Waals surface area contributed by atoms with Crippen LogP contribution < -0.4 is 14.8 Å². The smallest absolute Gasteiger partial charge is 0.226 e. The van der Waals surface area contributed by atoms with E-state index in [2.05, 4.69) is 19.2 Å². The highest BCUT2D eigenvalue weighted by atomic mass is 35.5. The maximum absolute atomic E-state index is 13.3. The number of benzene rings is 2. The van der Waals surface area contributed by atoms with E-state index >= 15 is 0 Å². The lowest BCUT2D eigenvalue weighted by atomic mass is 10.1. The van der Waals surface area contributed by atoms with Gasteiger partial charge < -0.3 is 14.4 Å². The summed E-state index contributed by atoms with van der Waals surface area (Å²) >= 11 is 12.9. The summed E-state index contributed by atoms with van der Waals surface area (Å²) in [6.45, 7) is 8.91. The number of fused-ring (bicyclic) bond motifs is 1. The lowest BCUT2D eigenvalue weighted by molar-refractivity contribution is -0.136. The fourth-order valence-electron chi connectivity index (χ4n) is 3.69. The van der Waals surface area contributed by atoms with Gasteiger partial charge in [0.25, 0.3) is 0 Å². The van der Waals surface area contributed by atoms with Gasteiger partial charge in [0.05, 0.1) is 18.2 Å². The number of halogens is 2. The van der Waals surface area contributed by atoms with Crippen LogP contribution in [0.5, 0.6) is 11.5 Å². The standard InChI is InChI=1S/C25H32Cl2N2O3/c1-17(2)15-29(16-19-12-21(26)23-22(13-19)31-10-7-11-32-23)25(30)18(3)14-28-24(27)20-8-5-4-6-9-20/h4-6,8-9,12-13,17-18,24,28H,7,10-11,14-16H2,1-3H3. The summed E-state index contributed by atoms with van der Waals surface area (Å²) in [6, 6.07) is 13.6. The number of nitrogens with zero attached hydrogens (tertiary/aromatic N) is 1. The molecule has 0 saturated carbocycles. The molecule has 2 atom stereocenters. The van der Waals surface area contributed by atoms with Gasteiger partial charge in [-0.05, 0) is 29.2 Å². The largest absolute Gasteiger partial charge is 0.489 e. The Morgan fingerprint density at radius 3 is 2.56 bits per heavy atom. The van der Waals surface area contributed by atoms with Crippen LogP contribution in [0.3, 0.4) is 0 Å². The van der Waals surface area contributed by atoms with Gasteiger partial charge in [-0.25, -0.2) is 0 Å². The van der Waals surface area contributed by atoms with E-state index in [1.165, 1.54) is 0 Å². The van der Waals surface area contributed by atoms with Crippen molar-refractivity contribution in [2.24, 2.45) is 11.8 Å². The third kappa shape index (κ3) is 6.77. The van der Waals surface area contributed by atoms with E-state index in [-0.39, 0.29) is 17.3 Å². The Kier molecular flexibility index (Phi) is 9.09. The van der Waals surface area contributed by atoms with Gasteiger partial charge >= 0.3 is 0 Å². The molecule has 0 spiro atoms. The van der Waals surface area contributed by atoms with Gasteiger partial charge in [-0.3, -0.25) is 10.1 Å². The lowest BCUT2D eigenvalue weighted by Gasteiger charge is -2.28. The third-order valence-corrected chi connectivity index (χ3v) is 5.94. The topological polar surface area (TPSA) is 50.8 Å². The van der Waals surface area contributed by atoms with Gasteiger partial charge in [-0.2, -0.15) is 0 Å². The Morgan fingerprint density at radius 1 is 1.12 bits per heavy atom. The highest BCUT2D eigenvalue weighted by Crippen LogP contribution is 2.38. The number of nitrogens with one attached hydrogen (secondary N) is 1. The Bertz CT molecular complexity index is 892. The lowest BCUT2D eigenvalue weighted by Crippen LogP contribution is -2.40. The predicted molar refractivity (Wildman–Crippen MR) is 130 cm³/mol. The maximum Gasteiger partial charge on any atom is 0.226 e. The average Bonchev–Trinajstić information content (AvgIpc) is 3.02. The van der Waals surface area contributed by atoms with Crippen molar-refractivity contribution in [2.75, 3.05) is 26.3 Å². The predicted octanol–water partition coefficient (Wildman–Crippen LogP) is 5.65. The molecule has 1 aliphatic rings. The molecule has 0 aliphatic carbocycles. The number of alkyl halides is 1. The van der Waals surface area contributed by atoms with Crippen molar-refractivity contribution in [3.05, 3.63) is 58.6 Å². The highest BCUT2D eigenvalue weighted by molar-refractivity contribution is 6.32. The maximum atomic E-state index is 13.3. The molecule has 5 nitrogen and oxygen atoms in total. The van der Waals surface area contributed by atoms with E-state index in [4.69, 9.17) is 32.7 Å². The molecule has 0 bridgehead atoms. The van der Waals surface area contributed by atoms with Crippen LogP contribution in [0.25, 0.3) is 0 Å². The quantitative estimate of drug-likeness (QED) is 0.373. The first-order valence-corrected chi connectivity index (χ1v) is 12.0. The Balaban J connectivity index is 1.68. The molecule has 7 heteroatoms. The van der Waals surface area contributed by atoms with Gasteiger partial charge in [0, 0.05) is 32.0 Å². The van der Waals surface area contributed by atoms with Crippen LogP contribution in [-0.4, -0.2) is 37.1 Å². The normalized spacial score (nSPS) is 15.2. The molecule has 0 saturated heterocycles. The minimum Gasteiger partial charge on any atom is -0.489 e. The van der Waals surface area contributed by atoms with Crippen molar-refractivity contribution < 1.29 is 14.3 Å². The first-order valence-electron chi connectivity index (χ1n) is 11.1. The van der Waals surface area contributed by atoms with Crippen LogP contribution in [0.1, 0.15) is 43.8 Å². The second-order valence-electron chi connectivity index (χ2n) is 8.65. The molecule has 3 rings (SSSR count). The van der Waals surface area contributed by atoms with Crippen molar-refractivity contribution >= 4 is 29.1 Å². The molecule has 0 fully saturated rings. The molecule has 1 amide bonds. The van der Waals surface area contributed by atoms with E-state index in [0.29, 0.717) is 55.3 Å². The van der Waals surface area contributed by atoms with Gasteiger partial charge in [0.1, 0.15) is 5.50 Å². The summed E-state index contributed by atoms with van der Waals surface area (Å²) in [7, 11) is 0. The van der Waals surface area contributed by atoms with Crippen LogP contribution in [-0.2, 0) is 11.3 Å². The minimum atomic E-state index is -0.342. The number of carbonyl (C=O) groups is 1. The second-order valence-corrected chi connectivity index (χ2v) is 9.49. The summed E-state index contributed by atoms with van der Waals surface area (Å²) in [4.78, 5) is 15.2. The highest BCUT2D eigenvalue weighted by Gasteiger charge is 2.24. The van der Waals surface area contributed by atoms with Gasteiger partial charge in [0.15, 0.2) is 11.5 Å². The first-order chi connectivity index (χ1) is 15.3. The Morgan fingerprint density at radius 2 is 1.84 bits per heavy atom. The molecule has 2 aromatic carbocycles. The summed E-state index contributed by atoms with van der Waals surface area (Å²) in [5.74, 6) is 1.41. The summed E-state index contributed by atoms with van der Waals surface area (Å²) in [5.41, 5.74) is 1.56. The van der Waals surface area contributed by atoms with Crippen molar-refractivity contribution in [1.82, 2.24) is 10.2 Å². The van der Waals surface area contributed by atoms with Crippen LogP contribution >= 0.6 is 23.2 Å². The SMILES string of the molecule is CC(C)CN(Cc1cc(Cl)c2c(c1)OCCCO2)C(=O)C(C)CNC(Cl)c1ccccc1. The van der Waals surface area contributed by atoms with Gasteiger partial charge in [-0.15, -0.1) is 11.6 Å². The zero-order valence-corrected chi connectivity index (χ0v) is 20.5. The van der Waals surface area contributed by atoms with Gasteiger partial charge in [0.2, 0.25) is 5.91 Å². The van der Waals surface area contributed by atoms with Crippen molar-refractivity contribution in [2.45, 2.75) is 39.2 Å². The third-order valence-electron chi connectivity index (χ3n) is 5.25. The second kappa shape index (κ2) is 11.8. The van der Waals surface area contributed by atoms with Crippen LogP contribution in [0.4, 0.5) is 0 Å². The molecule has 32 heavy (non-hydrogen) atoms. The van der Waals surface area contributed by atoms with E-state index in [1.807, 2.05) is 54.3 Å². The summed E-state index contributed by atoms with van der Waals surface area (Å²) in [6.07, 6.45) is 0.813. The number of hydrogen-bond donors (Lipinski definition) is 1. The molecular weight excluding hydrogens is 447 g/mol. The van der Waals surface area contributed by atoms with Crippen LogP contribution in [0.2, 0.25) is 5.02 Å². The number of amides is 1. The average molecular weight is 479 g/mol. The monoisotopic (exact) mass is 478 g/mol. The van der Waals surface area contributed by atoms with Gasteiger partial charge in [-0.1, -0.05) is 62.7 Å². The van der Waals surface area contributed by atoms with Crippen LogP contribution in [0, 0.1) is 11.8 Å². The Hall–Kier alpha value is -1.95. The fourth-order valence-corrected chi connectivity index (χ4v) is 4.21. The van der Waals surface area contributed by atoms with Crippen molar-refractivity contribution in [3.8, 4) is 11.5 Å². The van der Waals surface area contributed by atoms with E-state index < -0.39 is 0 Å². The van der Waals surface area contributed by atoms with Crippen molar-refractivity contribution in [1.29, 1.82) is 0 Å². The molecule has 0 aromatic heterocycles. The molecule has 2 aromatic rings. The van der Waals surface area contributed by atoms with E-state index in [0.717, 1.165) is 17.5 Å². The summed E-state index contributed by atoms with van der Waals surface area (Å²) < 4.78 is 11.5. The molecule has 2 unspecified atom stereocenters. The molecule has 1 heterocycles. The molecule has 174 valence electrons. The van der Waals surface area contributed by atoms with Crippen LogP contribution in [0.15, 0.2) is 42.5 Å². The fraction of sp³-hybridized carbons (Fsp3) is 0.480. The van der Waals surface area contributed by atoms with E-state index in [1.54, 1.807) is 0 Å².